The van der Waals surface area contributed by atoms with Crippen LogP contribution in [0.1, 0.15) is 24.0 Å². The Morgan fingerprint density at radius 2 is 1.95 bits per heavy atom. The molecule has 0 aliphatic carbocycles. The molecule has 1 aromatic rings. The molecule has 0 atom stereocenters. The second-order valence-corrected chi connectivity index (χ2v) is 5.43. The summed E-state index contributed by atoms with van der Waals surface area (Å²) in [6, 6.07) is 4.04. The van der Waals surface area contributed by atoms with E-state index < -0.39 is 11.7 Å². The fourth-order valence-corrected chi connectivity index (χ4v) is 2.43. The lowest BCUT2D eigenvalue weighted by Crippen LogP contribution is -2.34. The second-order valence-electron chi connectivity index (χ2n) is 4.57. The molecule has 0 bridgehead atoms. The van der Waals surface area contributed by atoms with Crippen LogP contribution in [-0.4, -0.2) is 19.3 Å². The second kappa shape index (κ2) is 6.24. The highest BCUT2D eigenvalue weighted by Crippen LogP contribution is 2.31. The summed E-state index contributed by atoms with van der Waals surface area (Å²) in [6.07, 6.45) is -2.50. The number of rotatable bonds is 3. The van der Waals surface area contributed by atoms with Crippen molar-refractivity contribution < 1.29 is 17.9 Å². The number of nitrogens with one attached hydrogen (secondary N) is 1. The van der Waals surface area contributed by atoms with Crippen LogP contribution in [0.5, 0.6) is 0 Å². The molecule has 0 unspecified atom stereocenters. The summed E-state index contributed by atoms with van der Waals surface area (Å²) >= 11 is 3.29. The van der Waals surface area contributed by atoms with Gasteiger partial charge >= 0.3 is 6.18 Å². The molecule has 1 aliphatic heterocycles. The first-order valence-electron chi connectivity index (χ1n) is 6.13. The number of benzene rings is 1. The maximum atomic E-state index is 12.6. The van der Waals surface area contributed by atoms with E-state index in [4.69, 9.17) is 4.74 Å². The zero-order valence-electron chi connectivity index (χ0n) is 10.3. The lowest BCUT2D eigenvalue weighted by Gasteiger charge is -2.23. The monoisotopic (exact) mass is 337 g/mol. The van der Waals surface area contributed by atoms with Gasteiger partial charge in [0.25, 0.3) is 0 Å². The zero-order valence-corrected chi connectivity index (χ0v) is 11.9. The minimum Gasteiger partial charge on any atom is -0.381 e. The normalized spacial score (nSPS) is 17.7. The summed E-state index contributed by atoms with van der Waals surface area (Å²) in [5, 5.41) is 3.28. The molecule has 0 amide bonds. The summed E-state index contributed by atoms with van der Waals surface area (Å²) in [5.41, 5.74) is 0.0146. The molecule has 0 saturated carbocycles. The Balaban J connectivity index is 2.02. The zero-order chi connectivity index (χ0) is 13.9. The molecular weight excluding hydrogens is 323 g/mol. The van der Waals surface area contributed by atoms with Crippen LogP contribution >= 0.6 is 15.9 Å². The van der Waals surface area contributed by atoms with E-state index in [2.05, 4.69) is 21.2 Å². The third-order valence-electron chi connectivity index (χ3n) is 3.18. The first-order chi connectivity index (χ1) is 8.97. The van der Waals surface area contributed by atoms with E-state index in [0.29, 0.717) is 35.8 Å². The van der Waals surface area contributed by atoms with Crippen LogP contribution in [-0.2, 0) is 17.5 Å². The van der Waals surface area contributed by atoms with E-state index >= 15 is 0 Å². The third kappa shape index (κ3) is 4.19. The fourth-order valence-electron chi connectivity index (χ4n) is 2.04. The molecular formula is C13H15BrF3NO. The van der Waals surface area contributed by atoms with Crippen molar-refractivity contribution in [3.8, 4) is 0 Å². The minimum absolute atomic E-state index is 0.315. The van der Waals surface area contributed by atoms with Gasteiger partial charge in [-0.25, -0.2) is 0 Å². The topological polar surface area (TPSA) is 21.3 Å². The van der Waals surface area contributed by atoms with E-state index in [9.17, 15) is 13.2 Å². The third-order valence-corrected chi connectivity index (χ3v) is 3.95. The Kier molecular flexibility index (Phi) is 4.86. The van der Waals surface area contributed by atoms with Crippen LogP contribution in [0.15, 0.2) is 22.7 Å². The number of hydrogen-bond donors (Lipinski definition) is 1. The Morgan fingerprint density at radius 1 is 1.26 bits per heavy atom. The Bertz CT molecular complexity index is 430. The molecule has 1 N–H and O–H groups in total. The van der Waals surface area contributed by atoms with Gasteiger partial charge in [0.15, 0.2) is 0 Å². The van der Waals surface area contributed by atoms with Gasteiger partial charge in [0.1, 0.15) is 0 Å². The summed E-state index contributed by atoms with van der Waals surface area (Å²) in [6.45, 7) is 1.85. The lowest BCUT2D eigenvalue weighted by atomic mass is 10.1. The van der Waals surface area contributed by atoms with Crippen LogP contribution in [0.3, 0.4) is 0 Å². The average Bonchev–Trinajstić information content (AvgIpc) is 2.37. The van der Waals surface area contributed by atoms with E-state index in [-0.39, 0.29) is 0 Å². The van der Waals surface area contributed by atoms with E-state index in [0.717, 1.165) is 18.9 Å². The maximum absolute atomic E-state index is 12.6. The number of ether oxygens (including phenoxy) is 1. The van der Waals surface area contributed by atoms with Crippen LogP contribution in [0, 0.1) is 0 Å². The maximum Gasteiger partial charge on any atom is 0.416 e. The molecule has 0 radical (unpaired) electrons. The Hall–Kier alpha value is -0.590. The molecule has 19 heavy (non-hydrogen) atoms. The minimum atomic E-state index is -4.30. The van der Waals surface area contributed by atoms with Gasteiger partial charge in [-0.1, -0.05) is 15.9 Å². The average molecular weight is 338 g/mol. The standard InChI is InChI=1S/C13H15BrF3NO/c14-12-2-1-10(13(15,16)17)7-9(12)8-18-11-3-5-19-6-4-11/h1-2,7,11,18H,3-6,8H2. The van der Waals surface area contributed by atoms with Crippen molar-refractivity contribution in [2.45, 2.75) is 31.6 Å². The van der Waals surface area contributed by atoms with Gasteiger partial charge in [-0.3, -0.25) is 0 Å². The predicted molar refractivity (Wildman–Crippen MR) is 69.8 cm³/mol. The van der Waals surface area contributed by atoms with E-state index in [1.807, 2.05) is 0 Å². The lowest BCUT2D eigenvalue weighted by molar-refractivity contribution is -0.137. The molecule has 1 aliphatic rings. The molecule has 6 heteroatoms. The van der Waals surface area contributed by atoms with Gasteiger partial charge < -0.3 is 10.1 Å². The number of alkyl halides is 3. The molecule has 1 fully saturated rings. The first kappa shape index (κ1) is 14.8. The Labute approximate surface area is 118 Å². The van der Waals surface area contributed by atoms with Crippen molar-refractivity contribution in [2.24, 2.45) is 0 Å². The molecule has 0 spiro atoms. The highest BCUT2D eigenvalue weighted by Gasteiger charge is 2.30. The molecule has 2 rings (SSSR count). The van der Waals surface area contributed by atoms with Crippen molar-refractivity contribution in [1.29, 1.82) is 0 Å². The molecule has 1 saturated heterocycles. The van der Waals surface area contributed by atoms with E-state index in [1.54, 1.807) is 0 Å². The molecule has 106 valence electrons. The van der Waals surface area contributed by atoms with Crippen LogP contribution in [0.4, 0.5) is 13.2 Å². The van der Waals surface area contributed by atoms with Crippen LogP contribution in [0.2, 0.25) is 0 Å². The van der Waals surface area contributed by atoms with Crippen molar-refractivity contribution >= 4 is 15.9 Å². The summed E-state index contributed by atoms with van der Waals surface area (Å²) < 4.78 is 43.9. The van der Waals surface area contributed by atoms with Crippen molar-refractivity contribution in [3.63, 3.8) is 0 Å². The van der Waals surface area contributed by atoms with Gasteiger partial charge in [-0.15, -0.1) is 0 Å². The van der Waals surface area contributed by atoms with Crippen molar-refractivity contribution in [2.75, 3.05) is 13.2 Å². The van der Waals surface area contributed by atoms with E-state index in [1.165, 1.54) is 12.1 Å². The van der Waals surface area contributed by atoms with Crippen molar-refractivity contribution in [3.05, 3.63) is 33.8 Å². The fraction of sp³-hybridized carbons (Fsp3) is 0.538. The number of hydrogen-bond acceptors (Lipinski definition) is 2. The van der Waals surface area contributed by atoms with Gasteiger partial charge in [0.2, 0.25) is 0 Å². The quantitative estimate of drug-likeness (QED) is 0.907. The molecule has 1 heterocycles. The molecule has 1 aromatic carbocycles. The molecule has 0 aromatic heterocycles. The summed E-state index contributed by atoms with van der Waals surface area (Å²) in [7, 11) is 0. The van der Waals surface area contributed by atoms with Gasteiger partial charge in [0, 0.05) is 30.3 Å². The van der Waals surface area contributed by atoms with Gasteiger partial charge in [-0.05, 0) is 36.6 Å². The highest BCUT2D eigenvalue weighted by molar-refractivity contribution is 9.10. The summed E-state index contributed by atoms with van der Waals surface area (Å²) in [4.78, 5) is 0. The Morgan fingerprint density at radius 3 is 2.58 bits per heavy atom. The van der Waals surface area contributed by atoms with Gasteiger partial charge in [-0.2, -0.15) is 13.2 Å². The van der Waals surface area contributed by atoms with Crippen LogP contribution in [0.25, 0.3) is 0 Å². The van der Waals surface area contributed by atoms with Crippen molar-refractivity contribution in [1.82, 2.24) is 5.32 Å². The smallest absolute Gasteiger partial charge is 0.381 e. The highest BCUT2D eigenvalue weighted by atomic mass is 79.9. The first-order valence-corrected chi connectivity index (χ1v) is 6.93. The SMILES string of the molecule is FC(F)(F)c1ccc(Br)c(CNC2CCOCC2)c1. The van der Waals surface area contributed by atoms with Crippen LogP contribution < -0.4 is 5.32 Å². The molecule has 2 nitrogen and oxygen atoms in total. The largest absolute Gasteiger partial charge is 0.416 e. The van der Waals surface area contributed by atoms with Gasteiger partial charge in [0.05, 0.1) is 5.56 Å². The summed E-state index contributed by atoms with van der Waals surface area (Å²) in [5.74, 6) is 0. The number of halogens is 4. The predicted octanol–water partition coefficient (Wildman–Crippen LogP) is 3.74.